The lowest BCUT2D eigenvalue weighted by Crippen LogP contribution is -3.13. The molecule has 0 unspecified atom stereocenters. The summed E-state index contributed by atoms with van der Waals surface area (Å²) in [7, 11) is 0. The summed E-state index contributed by atoms with van der Waals surface area (Å²) >= 11 is 0. The molecule has 1 amide bonds. The van der Waals surface area contributed by atoms with Crippen molar-refractivity contribution in [1.29, 1.82) is 0 Å². The second kappa shape index (κ2) is 7.33. The van der Waals surface area contributed by atoms with Gasteiger partial charge < -0.3 is 20.4 Å². The molecule has 1 aromatic heterocycles. The van der Waals surface area contributed by atoms with Gasteiger partial charge in [0.05, 0.1) is 25.9 Å². The van der Waals surface area contributed by atoms with Crippen LogP contribution in [0.3, 0.4) is 0 Å². The summed E-state index contributed by atoms with van der Waals surface area (Å²) in [6, 6.07) is 11.1. The normalized spacial score (nSPS) is 16.9. The number of carbonyl (C=O) groups is 1. The molecule has 1 saturated heterocycles. The Kier molecular flexibility index (Phi) is 4.98. The Hall–Kier alpha value is -2.27. The number of carbonyl (C=O) groups excluding carboxylic acids is 1. The Bertz CT molecular complexity index is 616. The molecule has 4 N–H and O–H groups in total. The van der Waals surface area contributed by atoms with Gasteiger partial charge in [0.25, 0.3) is 5.91 Å². The highest BCUT2D eigenvalue weighted by Gasteiger charge is 2.28. The van der Waals surface area contributed by atoms with Crippen LogP contribution in [0.4, 0.5) is 5.69 Å². The summed E-state index contributed by atoms with van der Waals surface area (Å²) < 4.78 is 5.61. The van der Waals surface area contributed by atoms with Crippen LogP contribution in [0.25, 0.3) is 0 Å². The van der Waals surface area contributed by atoms with E-state index in [4.69, 9.17) is 10.2 Å². The van der Waals surface area contributed by atoms with Crippen molar-refractivity contribution in [3.8, 4) is 0 Å². The number of amides is 1. The molecular formula is C18H24N3O2+. The largest absolute Gasteiger partial charge is 0.463 e. The minimum atomic E-state index is -0.0713. The standard InChI is InChI=1S/C18H23N3O2/c19-15-8-6-14(7-9-15)18(22)20-13-16(17-5-4-12-23-17)21-10-2-1-3-11-21/h4-9,12,16H,1-3,10-11,13,19H2,(H,20,22)/p+1/t16-/m1/s1. The van der Waals surface area contributed by atoms with E-state index in [1.54, 1.807) is 30.5 Å². The van der Waals surface area contributed by atoms with E-state index < -0.39 is 0 Å². The first-order valence-corrected chi connectivity index (χ1v) is 8.26. The topological polar surface area (TPSA) is 72.7 Å². The molecule has 0 spiro atoms. The van der Waals surface area contributed by atoms with Crippen LogP contribution in [0.2, 0.25) is 0 Å². The van der Waals surface area contributed by atoms with Crippen molar-refractivity contribution in [1.82, 2.24) is 5.32 Å². The minimum absolute atomic E-state index is 0.0713. The number of hydrogen-bond donors (Lipinski definition) is 3. The second-order valence-corrected chi connectivity index (χ2v) is 6.12. The van der Waals surface area contributed by atoms with Crippen molar-refractivity contribution in [2.75, 3.05) is 25.4 Å². The summed E-state index contributed by atoms with van der Waals surface area (Å²) in [6.07, 6.45) is 5.47. The zero-order chi connectivity index (χ0) is 16.1. The number of nitrogens with one attached hydrogen (secondary N) is 2. The van der Waals surface area contributed by atoms with Crippen molar-refractivity contribution < 1.29 is 14.1 Å². The number of anilines is 1. The van der Waals surface area contributed by atoms with Crippen LogP contribution in [-0.2, 0) is 0 Å². The third kappa shape index (κ3) is 3.93. The van der Waals surface area contributed by atoms with E-state index in [9.17, 15) is 4.79 Å². The van der Waals surface area contributed by atoms with Crippen molar-refractivity contribution in [3.63, 3.8) is 0 Å². The molecule has 1 aliphatic rings. The number of benzene rings is 1. The van der Waals surface area contributed by atoms with Crippen molar-refractivity contribution in [3.05, 3.63) is 54.0 Å². The molecule has 0 radical (unpaired) electrons. The molecule has 2 aromatic rings. The SMILES string of the molecule is Nc1ccc(C(=O)NC[C@H](c2ccco2)[NH+]2CCCCC2)cc1. The molecule has 0 saturated carbocycles. The van der Waals surface area contributed by atoms with Gasteiger partial charge >= 0.3 is 0 Å². The van der Waals surface area contributed by atoms with E-state index in [2.05, 4.69) is 5.32 Å². The van der Waals surface area contributed by atoms with Gasteiger partial charge in [-0.25, -0.2) is 0 Å². The van der Waals surface area contributed by atoms with Gasteiger partial charge in [-0.3, -0.25) is 4.79 Å². The lowest BCUT2D eigenvalue weighted by Gasteiger charge is -2.30. The van der Waals surface area contributed by atoms with Crippen LogP contribution >= 0.6 is 0 Å². The predicted molar refractivity (Wildman–Crippen MR) is 89.2 cm³/mol. The first kappa shape index (κ1) is 15.6. The Morgan fingerprint density at radius 1 is 1.17 bits per heavy atom. The first-order chi connectivity index (χ1) is 11.2. The highest BCUT2D eigenvalue weighted by molar-refractivity contribution is 5.94. The van der Waals surface area contributed by atoms with Gasteiger partial charge in [-0.2, -0.15) is 0 Å². The van der Waals surface area contributed by atoms with Crippen molar-refractivity contribution in [2.45, 2.75) is 25.3 Å². The average molecular weight is 314 g/mol. The van der Waals surface area contributed by atoms with Gasteiger partial charge in [0.1, 0.15) is 0 Å². The Balaban J connectivity index is 1.66. The van der Waals surface area contributed by atoms with Crippen LogP contribution in [0.15, 0.2) is 47.1 Å². The first-order valence-electron chi connectivity index (χ1n) is 8.26. The molecule has 3 rings (SSSR count). The summed E-state index contributed by atoms with van der Waals surface area (Å²) in [5.74, 6) is 0.873. The second-order valence-electron chi connectivity index (χ2n) is 6.12. The lowest BCUT2D eigenvalue weighted by molar-refractivity contribution is -0.936. The number of rotatable bonds is 5. The van der Waals surface area contributed by atoms with Gasteiger partial charge in [-0.15, -0.1) is 0 Å². The third-order valence-corrected chi connectivity index (χ3v) is 4.51. The van der Waals surface area contributed by atoms with E-state index in [-0.39, 0.29) is 11.9 Å². The maximum atomic E-state index is 12.3. The number of nitrogens with two attached hydrogens (primary N) is 1. The summed E-state index contributed by atoms with van der Waals surface area (Å²) in [5.41, 5.74) is 6.95. The van der Waals surface area contributed by atoms with Crippen molar-refractivity contribution >= 4 is 11.6 Å². The fraction of sp³-hybridized carbons (Fsp3) is 0.389. The van der Waals surface area contributed by atoms with E-state index in [1.807, 2.05) is 12.1 Å². The molecule has 0 bridgehead atoms. The molecule has 1 aromatic carbocycles. The van der Waals surface area contributed by atoms with Crippen LogP contribution in [0.1, 0.15) is 41.4 Å². The summed E-state index contributed by atoms with van der Waals surface area (Å²) in [4.78, 5) is 13.8. The highest BCUT2D eigenvalue weighted by atomic mass is 16.3. The maximum absolute atomic E-state index is 12.3. The maximum Gasteiger partial charge on any atom is 0.251 e. The Morgan fingerprint density at radius 3 is 2.57 bits per heavy atom. The van der Waals surface area contributed by atoms with Crippen LogP contribution < -0.4 is 16.0 Å². The van der Waals surface area contributed by atoms with Crippen LogP contribution in [0.5, 0.6) is 0 Å². The Labute approximate surface area is 136 Å². The average Bonchev–Trinajstić information content (AvgIpc) is 3.11. The number of furan rings is 1. The monoisotopic (exact) mass is 314 g/mol. The molecular weight excluding hydrogens is 290 g/mol. The zero-order valence-corrected chi connectivity index (χ0v) is 13.3. The Morgan fingerprint density at radius 2 is 1.91 bits per heavy atom. The van der Waals surface area contributed by atoms with E-state index in [0.717, 1.165) is 18.8 Å². The van der Waals surface area contributed by atoms with Gasteiger partial charge in [-0.1, -0.05) is 0 Å². The highest BCUT2D eigenvalue weighted by Crippen LogP contribution is 2.12. The van der Waals surface area contributed by atoms with E-state index >= 15 is 0 Å². The zero-order valence-electron chi connectivity index (χ0n) is 13.3. The quantitative estimate of drug-likeness (QED) is 0.731. The van der Waals surface area contributed by atoms with E-state index in [0.29, 0.717) is 17.8 Å². The fourth-order valence-electron chi connectivity index (χ4n) is 3.22. The van der Waals surface area contributed by atoms with Gasteiger partial charge in [0, 0.05) is 11.3 Å². The lowest BCUT2D eigenvalue weighted by atomic mass is 10.1. The molecule has 23 heavy (non-hydrogen) atoms. The van der Waals surface area contributed by atoms with Crippen LogP contribution in [0, 0.1) is 0 Å². The molecule has 0 aliphatic carbocycles. The molecule has 5 nitrogen and oxygen atoms in total. The smallest absolute Gasteiger partial charge is 0.251 e. The van der Waals surface area contributed by atoms with Gasteiger partial charge in [0.2, 0.25) is 0 Å². The number of nitrogen functional groups attached to an aromatic ring is 1. The number of quaternary nitrogens is 1. The third-order valence-electron chi connectivity index (χ3n) is 4.51. The van der Waals surface area contributed by atoms with Crippen LogP contribution in [-0.4, -0.2) is 25.5 Å². The molecule has 2 heterocycles. The number of hydrogen-bond acceptors (Lipinski definition) is 3. The minimum Gasteiger partial charge on any atom is -0.463 e. The summed E-state index contributed by atoms with van der Waals surface area (Å²) in [6.45, 7) is 2.83. The van der Waals surface area contributed by atoms with Gasteiger partial charge in [-0.05, 0) is 55.7 Å². The van der Waals surface area contributed by atoms with Crippen molar-refractivity contribution in [2.24, 2.45) is 0 Å². The molecule has 1 aliphatic heterocycles. The van der Waals surface area contributed by atoms with Gasteiger partial charge in [0.15, 0.2) is 11.8 Å². The number of piperidine rings is 1. The van der Waals surface area contributed by atoms with E-state index in [1.165, 1.54) is 24.2 Å². The molecule has 1 fully saturated rings. The summed E-state index contributed by atoms with van der Waals surface area (Å²) in [5, 5.41) is 3.04. The molecule has 122 valence electrons. The fourth-order valence-corrected chi connectivity index (χ4v) is 3.22. The molecule has 5 heteroatoms. The number of likely N-dealkylation sites (tertiary alicyclic amines) is 1. The predicted octanol–water partition coefficient (Wildman–Crippen LogP) is 1.40. The molecule has 1 atom stereocenters.